The Morgan fingerprint density at radius 3 is 1.57 bits per heavy atom. The summed E-state index contributed by atoms with van der Waals surface area (Å²) in [7, 11) is 0. The van der Waals surface area contributed by atoms with Crippen molar-refractivity contribution in [1.82, 2.24) is 14.1 Å². The number of fused-ring (bicyclic) bond motifs is 9. The minimum Gasteiger partial charge on any atom is -0.309 e. The van der Waals surface area contributed by atoms with Gasteiger partial charge in [0, 0.05) is 49.8 Å². The number of rotatable bonds is 4. The molecule has 0 radical (unpaired) electrons. The Balaban J connectivity index is 1.03. The van der Waals surface area contributed by atoms with Crippen LogP contribution in [0.3, 0.4) is 0 Å². The van der Waals surface area contributed by atoms with E-state index < -0.39 is 0 Å². The predicted molar refractivity (Wildman–Crippen MR) is 226 cm³/mol. The molecule has 11 aromatic rings. The molecule has 0 amide bonds. The van der Waals surface area contributed by atoms with Gasteiger partial charge in [-0.3, -0.25) is 4.57 Å². The van der Waals surface area contributed by atoms with Crippen LogP contribution in [0.15, 0.2) is 188 Å². The van der Waals surface area contributed by atoms with E-state index in [1.807, 2.05) is 0 Å². The number of pyridine rings is 1. The van der Waals surface area contributed by atoms with Crippen LogP contribution in [-0.4, -0.2) is 14.1 Å². The zero-order valence-electron chi connectivity index (χ0n) is 29.2. The van der Waals surface area contributed by atoms with E-state index in [1.165, 1.54) is 87.9 Å². The molecule has 3 aromatic heterocycles. The Labute approximate surface area is 311 Å². The molecule has 0 bridgehead atoms. The van der Waals surface area contributed by atoms with Crippen molar-refractivity contribution in [3.63, 3.8) is 0 Å². The summed E-state index contributed by atoms with van der Waals surface area (Å²) in [5.41, 5.74) is 15.7. The van der Waals surface area contributed by atoms with Gasteiger partial charge in [-0.25, -0.2) is 4.98 Å². The van der Waals surface area contributed by atoms with Crippen LogP contribution in [0.1, 0.15) is 0 Å². The monoisotopic (exact) mass is 685 g/mol. The zero-order chi connectivity index (χ0) is 35.3. The molecule has 0 unspecified atom stereocenters. The second-order valence-electron chi connectivity index (χ2n) is 14.4. The maximum atomic E-state index is 5.21. The molecular weight excluding hydrogens is 655 g/mol. The van der Waals surface area contributed by atoms with Gasteiger partial charge in [0.2, 0.25) is 0 Å². The van der Waals surface area contributed by atoms with Crippen molar-refractivity contribution in [2.45, 2.75) is 0 Å². The molecule has 3 heterocycles. The van der Waals surface area contributed by atoms with Crippen molar-refractivity contribution in [1.29, 1.82) is 0 Å². The fourth-order valence-corrected chi connectivity index (χ4v) is 9.11. The van der Waals surface area contributed by atoms with E-state index in [0.717, 1.165) is 22.5 Å². The van der Waals surface area contributed by atoms with Crippen molar-refractivity contribution in [3.8, 4) is 56.0 Å². The number of nitrogens with zero attached hydrogens (tertiary/aromatic N) is 3. The summed E-state index contributed by atoms with van der Waals surface area (Å²) >= 11 is 0. The molecule has 12 rings (SSSR count). The maximum Gasteiger partial charge on any atom is 0.145 e. The smallest absolute Gasteiger partial charge is 0.145 e. The fourth-order valence-electron chi connectivity index (χ4n) is 9.11. The first-order chi connectivity index (χ1) is 26.8. The van der Waals surface area contributed by atoms with Crippen molar-refractivity contribution >= 4 is 54.4 Å². The number of hydrogen-bond acceptors (Lipinski definition) is 1. The van der Waals surface area contributed by atoms with E-state index in [4.69, 9.17) is 4.98 Å². The summed E-state index contributed by atoms with van der Waals surface area (Å²) in [4.78, 5) is 5.21. The van der Waals surface area contributed by atoms with Crippen LogP contribution >= 0.6 is 0 Å². The van der Waals surface area contributed by atoms with Crippen molar-refractivity contribution < 1.29 is 0 Å². The highest BCUT2D eigenvalue weighted by Gasteiger charge is 2.25. The molecular formula is C51H31N3. The molecule has 0 atom stereocenters. The van der Waals surface area contributed by atoms with E-state index in [9.17, 15) is 0 Å². The molecule has 8 aromatic carbocycles. The third-order valence-corrected chi connectivity index (χ3v) is 11.5. The van der Waals surface area contributed by atoms with Crippen LogP contribution in [0.4, 0.5) is 0 Å². The van der Waals surface area contributed by atoms with Gasteiger partial charge in [0.25, 0.3) is 0 Å². The molecule has 3 heteroatoms. The first-order valence-corrected chi connectivity index (χ1v) is 18.5. The Kier molecular flexibility index (Phi) is 6.05. The summed E-state index contributed by atoms with van der Waals surface area (Å²) < 4.78 is 4.77. The molecule has 0 saturated carbocycles. The van der Waals surface area contributed by atoms with Gasteiger partial charge in [0.1, 0.15) is 5.82 Å². The molecule has 54 heavy (non-hydrogen) atoms. The Morgan fingerprint density at radius 1 is 0.315 bits per heavy atom. The minimum absolute atomic E-state index is 0.966. The van der Waals surface area contributed by atoms with Gasteiger partial charge >= 0.3 is 0 Å². The summed E-state index contributed by atoms with van der Waals surface area (Å²) in [5, 5.41) is 7.39. The lowest BCUT2D eigenvalue weighted by Gasteiger charge is -2.12. The summed E-state index contributed by atoms with van der Waals surface area (Å²) in [6, 6.07) is 66.2. The molecule has 0 aliphatic heterocycles. The van der Waals surface area contributed by atoms with Crippen LogP contribution in [0.5, 0.6) is 0 Å². The molecule has 0 fully saturated rings. The summed E-state index contributed by atoms with van der Waals surface area (Å²) in [6.07, 6.45) is 2.07. The Hall–Kier alpha value is -7.23. The largest absolute Gasteiger partial charge is 0.309 e. The number of hydrogen-bond donors (Lipinski definition) is 0. The Bertz CT molecular complexity index is 3300. The lowest BCUT2D eigenvalue weighted by atomic mass is 10.0. The summed E-state index contributed by atoms with van der Waals surface area (Å²) in [6.45, 7) is 0. The lowest BCUT2D eigenvalue weighted by molar-refractivity contribution is 1.10. The number of para-hydroxylation sites is 2. The van der Waals surface area contributed by atoms with Crippen LogP contribution in [0.2, 0.25) is 0 Å². The predicted octanol–water partition coefficient (Wildman–Crippen LogP) is 13.4. The highest BCUT2D eigenvalue weighted by atomic mass is 15.1. The van der Waals surface area contributed by atoms with Crippen LogP contribution in [0, 0.1) is 0 Å². The molecule has 1 aliphatic carbocycles. The molecule has 1 aliphatic rings. The second kappa shape index (κ2) is 11.1. The van der Waals surface area contributed by atoms with E-state index in [2.05, 4.69) is 197 Å². The van der Waals surface area contributed by atoms with Gasteiger partial charge < -0.3 is 4.57 Å². The second-order valence-corrected chi connectivity index (χ2v) is 14.4. The Morgan fingerprint density at radius 2 is 0.833 bits per heavy atom. The topological polar surface area (TPSA) is 22.8 Å². The first kappa shape index (κ1) is 29.4. The zero-order valence-corrected chi connectivity index (χ0v) is 29.2. The average Bonchev–Trinajstić information content (AvgIpc) is 3.87. The van der Waals surface area contributed by atoms with Crippen LogP contribution in [-0.2, 0) is 0 Å². The van der Waals surface area contributed by atoms with E-state index in [1.54, 1.807) is 0 Å². The quantitative estimate of drug-likeness (QED) is 0.181. The van der Waals surface area contributed by atoms with Crippen molar-refractivity contribution in [3.05, 3.63) is 188 Å². The van der Waals surface area contributed by atoms with Gasteiger partial charge in [0.05, 0.1) is 22.1 Å². The molecule has 250 valence electrons. The standard InChI is InChI=1S/C51H31N3/c1-2-12-32(13-3-1)33-14-10-15-36(28-33)53-46-22-8-6-18-39(46)43-29-34(24-26-48(43)53)35-25-27-49-44(30-35)40-19-7-9-23-47(40)54(49)51-42-21-11-20-41-37-16-4-5-17-38(37)45(31-52-51)50(41)42/h1-31H. The SMILES string of the molecule is c1ccc(-c2cccc(-n3c4ccccc4c4cc(-c5ccc6c(c5)c5ccccc5n6-c5ncc6c7c(cccc57)-c5ccccc5-6)ccc43)c2)cc1. The number of aromatic nitrogens is 3. The average molecular weight is 686 g/mol. The normalized spacial score (nSPS) is 12.1. The van der Waals surface area contributed by atoms with E-state index in [0.29, 0.717) is 0 Å². The highest BCUT2D eigenvalue weighted by Crippen LogP contribution is 2.48. The van der Waals surface area contributed by atoms with Gasteiger partial charge in [-0.2, -0.15) is 0 Å². The third kappa shape index (κ3) is 4.09. The molecule has 0 saturated heterocycles. The first-order valence-electron chi connectivity index (χ1n) is 18.5. The fraction of sp³-hybridized carbons (Fsp3) is 0. The van der Waals surface area contributed by atoms with Crippen molar-refractivity contribution in [2.75, 3.05) is 0 Å². The van der Waals surface area contributed by atoms with Gasteiger partial charge in [-0.15, -0.1) is 0 Å². The van der Waals surface area contributed by atoms with E-state index in [-0.39, 0.29) is 0 Å². The number of benzene rings is 8. The van der Waals surface area contributed by atoms with Gasteiger partial charge in [0.15, 0.2) is 0 Å². The summed E-state index contributed by atoms with van der Waals surface area (Å²) in [5.74, 6) is 0.966. The maximum absolute atomic E-state index is 5.21. The molecule has 0 N–H and O–H groups in total. The highest BCUT2D eigenvalue weighted by molar-refractivity contribution is 6.18. The van der Waals surface area contributed by atoms with Crippen molar-refractivity contribution in [2.24, 2.45) is 0 Å². The molecule has 3 nitrogen and oxygen atoms in total. The van der Waals surface area contributed by atoms with Crippen LogP contribution < -0.4 is 0 Å². The lowest BCUT2D eigenvalue weighted by Crippen LogP contribution is -1.99. The van der Waals surface area contributed by atoms with Crippen LogP contribution in [0.25, 0.3) is 110 Å². The van der Waals surface area contributed by atoms with Gasteiger partial charge in [-0.1, -0.05) is 133 Å². The third-order valence-electron chi connectivity index (χ3n) is 11.5. The minimum atomic E-state index is 0.966. The molecule has 0 spiro atoms. The van der Waals surface area contributed by atoms with Gasteiger partial charge in [-0.05, 0) is 87.5 Å². The van der Waals surface area contributed by atoms with E-state index >= 15 is 0 Å².